The first-order valence-corrected chi connectivity index (χ1v) is 7.55. The Bertz CT molecular complexity index is 823. The van der Waals surface area contributed by atoms with Gasteiger partial charge in [0.05, 0.1) is 6.04 Å². The van der Waals surface area contributed by atoms with E-state index in [1.807, 2.05) is 26.2 Å². The van der Waals surface area contributed by atoms with Crippen LogP contribution < -0.4 is 0 Å². The third-order valence-corrected chi connectivity index (χ3v) is 4.32. The summed E-state index contributed by atoms with van der Waals surface area (Å²) < 4.78 is 13.4. The summed E-state index contributed by atoms with van der Waals surface area (Å²) in [4.78, 5) is 5.52. The molecule has 1 aromatic heterocycles. The van der Waals surface area contributed by atoms with E-state index in [2.05, 4.69) is 28.9 Å². The highest BCUT2D eigenvalue weighted by Crippen LogP contribution is 2.37. The van der Waals surface area contributed by atoms with Gasteiger partial charge in [0.1, 0.15) is 5.82 Å². The number of aromatic nitrogens is 1. The number of fused-ring (bicyclic) bond motifs is 1. The quantitative estimate of drug-likeness (QED) is 0.726. The fourth-order valence-electron chi connectivity index (χ4n) is 3.07. The van der Waals surface area contributed by atoms with E-state index >= 15 is 0 Å². The van der Waals surface area contributed by atoms with Crippen LogP contribution in [-0.2, 0) is 0 Å². The monoisotopic (exact) mass is 316 g/mol. The van der Waals surface area contributed by atoms with Crippen LogP contribution >= 0.6 is 11.6 Å². The van der Waals surface area contributed by atoms with Gasteiger partial charge >= 0.3 is 0 Å². The van der Waals surface area contributed by atoms with Crippen molar-refractivity contribution in [3.63, 3.8) is 0 Å². The summed E-state index contributed by atoms with van der Waals surface area (Å²) in [5.41, 5.74) is 4.27. The molecule has 1 heterocycles. The molecule has 0 bridgehead atoms. The van der Waals surface area contributed by atoms with E-state index in [4.69, 9.17) is 11.6 Å². The van der Waals surface area contributed by atoms with Crippen molar-refractivity contribution in [1.82, 2.24) is 9.88 Å². The molecule has 0 fully saturated rings. The first kappa shape index (κ1) is 15.1. The predicted octanol–water partition coefficient (Wildman–Crippen LogP) is 4.92. The molecule has 0 spiro atoms. The van der Waals surface area contributed by atoms with Gasteiger partial charge in [0.2, 0.25) is 0 Å². The first-order valence-electron chi connectivity index (χ1n) is 7.17. The third-order valence-electron chi connectivity index (χ3n) is 3.99. The van der Waals surface area contributed by atoms with Crippen LogP contribution in [0.15, 0.2) is 42.5 Å². The molecular weight excluding hydrogens is 299 g/mol. The van der Waals surface area contributed by atoms with E-state index < -0.39 is 0 Å². The maximum atomic E-state index is 13.4. The minimum atomic E-state index is -0.318. The summed E-state index contributed by atoms with van der Waals surface area (Å²) >= 11 is 6.31. The lowest BCUT2D eigenvalue weighted by atomic mass is 9.95. The van der Waals surface area contributed by atoms with Gasteiger partial charge in [-0.15, -0.1) is 0 Å². The van der Waals surface area contributed by atoms with E-state index in [1.165, 1.54) is 23.1 Å². The van der Waals surface area contributed by atoms with Crippen LogP contribution in [0.2, 0.25) is 5.02 Å². The Morgan fingerprint density at radius 1 is 1.14 bits per heavy atom. The second-order valence-corrected chi connectivity index (χ2v) is 6.15. The zero-order valence-corrected chi connectivity index (χ0v) is 13.6. The summed E-state index contributed by atoms with van der Waals surface area (Å²) in [6, 6.07) is 12.8. The maximum absolute atomic E-state index is 13.4. The van der Waals surface area contributed by atoms with Crippen molar-refractivity contribution in [2.24, 2.45) is 0 Å². The average Bonchev–Trinajstić information content (AvgIpc) is 2.78. The smallest absolute Gasteiger partial charge is 0.124 e. The minimum absolute atomic E-state index is 0.0377. The second kappa shape index (κ2) is 5.75. The van der Waals surface area contributed by atoms with Crippen molar-refractivity contribution in [3.05, 3.63) is 70.1 Å². The van der Waals surface area contributed by atoms with Crippen LogP contribution in [0, 0.1) is 12.7 Å². The lowest BCUT2D eigenvalue weighted by Crippen LogP contribution is -2.22. The Hall–Kier alpha value is -1.84. The van der Waals surface area contributed by atoms with Gasteiger partial charge in [0.15, 0.2) is 0 Å². The van der Waals surface area contributed by atoms with Crippen molar-refractivity contribution >= 4 is 22.5 Å². The van der Waals surface area contributed by atoms with E-state index in [0.29, 0.717) is 5.02 Å². The molecule has 22 heavy (non-hydrogen) atoms. The molecule has 0 radical (unpaired) electrons. The SMILES string of the molecule is Cc1[nH]c2ccccc2c1C(c1ccc(F)cc1Cl)N(C)C. The lowest BCUT2D eigenvalue weighted by molar-refractivity contribution is 0.343. The number of nitrogens with one attached hydrogen (secondary N) is 1. The molecule has 114 valence electrons. The summed E-state index contributed by atoms with van der Waals surface area (Å²) in [7, 11) is 4.01. The third kappa shape index (κ3) is 2.51. The summed E-state index contributed by atoms with van der Waals surface area (Å²) in [5.74, 6) is -0.318. The Labute approximate surface area is 134 Å². The molecule has 2 nitrogen and oxygen atoms in total. The number of benzene rings is 2. The van der Waals surface area contributed by atoms with E-state index in [1.54, 1.807) is 6.07 Å². The van der Waals surface area contributed by atoms with E-state index in [9.17, 15) is 4.39 Å². The number of hydrogen-bond acceptors (Lipinski definition) is 1. The van der Waals surface area contributed by atoms with Gasteiger partial charge in [0.25, 0.3) is 0 Å². The van der Waals surface area contributed by atoms with Gasteiger partial charge < -0.3 is 4.98 Å². The number of rotatable bonds is 3. The highest BCUT2D eigenvalue weighted by molar-refractivity contribution is 6.31. The van der Waals surface area contributed by atoms with Crippen molar-refractivity contribution in [1.29, 1.82) is 0 Å². The molecule has 0 saturated carbocycles. The average molecular weight is 317 g/mol. The standard InChI is InChI=1S/C18H18ClFN2/c1-11-17(14-6-4-5-7-16(14)21-11)18(22(2)3)13-9-8-12(20)10-15(13)19/h4-10,18,21H,1-3H3. The normalized spacial score (nSPS) is 13.0. The van der Waals surface area contributed by atoms with Crippen LogP contribution in [0.3, 0.4) is 0 Å². The minimum Gasteiger partial charge on any atom is -0.358 e. The highest BCUT2D eigenvalue weighted by atomic mass is 35.5. The van der Waals surface area contributed by atoms with Crippen molar-refractivity contribution in [2.45, 2.75) is 13.0 Å². The molecule has 0 aliphatic rings. The maximum Gasteiger partial charge on any atom is 0.124 e. The molecule has 0 aliphatic carbocycles. The van der Waals surface area contributed by atoms with E-state index in [0.717, 1.165) is 16.8 Å². The summed E-state index contributed by atoms with van der Waals surface area (Å²) in [5, 5.41) is 1.61. The van der Waals surface area contributed by atoms with Crippen LogP contribution in [0.4, 0.5) is 4.39 Å². The summed E-state index contributed by atoms with van der Waals surface area (Å²) in [6.07, 6.45) is 0. The number of hydrogen-bond donors (Lipinski definition) is 1. The fraction of sp³-hybridized carbons (Fsp3) is 0.222. The predicted molar refractivity (Wildman–Crippen MR) is 90.0 cm³/mol. The van der Waals surface area contributed by atoms with Gasteiger partial charge in [-0.1, -0.05) is 35.9 Å². The molecule has 0 saturated heterocycles. The van der Waals surface area contributed by atoms with Crippen LogP contribution in [0.25, 0.3) is 10.9 Å². The van der Waals surface area contributed by atoms with Gasteiger partial charge in [-0.2, -0.15) is 0 Å². The van der Waals surface area contributed by atoms with Crippen molar-refractivity contribution in [3.8, 4) is 0 Å². The van der Waals surface area contributed by atoms with Gasteiger partial charge in [-0.3, -0.25) is 4.90 Å². The highest BCUT2D eigenvalue weighted by Gasteiger charge is 2.24. The molecule has 1 atom stereocenters. The molecule has 0 amide bonds. The van der Waals surface area contributed by atoms with Crippen molar-refractivity contribution in [2.75, 3.05) is 14.1 Å². The summed E-state index contributed by atoms with van der Waals surface area (Å²) in [6.45, 7) is 2.06. The molecule has 4 heteroatoms. The Kier molecular flexibility index (Phi) is 3.94. The second-order valence-electron chi connectivity index (χ2n) is 5.74. The van der Waals surface area contributed by atoms with Crippen LogP contribution in [0.1, 0.15) is 22.9 Å². The number of aromatic amines is 1. The molecule has 3 aromatic rings. The molecule has 1 N–H and O–H groups in total. The number of para-hydroxylation sites is 1. The van der Waals surface area contributed by atoms with E-state index in [-0.39, 0.29) is 11.9 Å². The van der Waals surface area contributed by atoms with Gasteiger partial charge in [-0.25, -0.2) is 4.39 Å². The molecule has 3 rings (SSSR count). The Morgan fingerprint density at radius 3 is 2.55 bits per heavy atom. The lowest BCUT2D eigenvalue weighted by Gasteiger charge is -2.26. The molecule has 1 unspecified atom stereocenters. The molecular formula is C18H18ClFN2. The largest absolute Gasteiger partial charge is 0.358 e. The van der Waals surface area contributed by atoms with Crippen LogP contribution in [-0.4, -0.2) is 24.0 Å². The molecule has 2 aromatic carbocycles. The van der Waals surface area contributed by atoms with Gasteiger partial charge in [0, 0.05) is 27.2 Å². The van der Waals surface area contributed by atoms with Gasteiger partial charge in [-0.05, 0) is 44.8 Å². The zero-order valence-electron chi connectivity index (χ0n) is 12.8. The Morgan fingerprint density at radius 2 is 1.86 bits per heavy atom. The number of H-pyrrole nitrogens is 1. The zero-order chi connectivity index (χ0) is 15.9. The Balaban J connectivity index is 2.25. The fourth-order valence-corrected chi connectivity index (χ4v) is 3.34. The van der Waals surface area contributed by atoms with Crippen molar-refractivity contribution < 1.29 is 4.39 Å². The molecule has 0 aliphatic heterocycles. The first-order chi connectivity index (χ1) is 10.5. The van der Waals surface area contributed by atoms with Crippen LogP contribution in [0.5, 0.6) is 0 Å². The number of aryl methyl sites for hydroxylation is 1. The number of halogens is 2. The topological polar surface area (TPSA) is 19.0 Å². The number of nitrogens with zero attached hydrogens (tertiary/aromatic N) is 1.